The van der Waals surface area contributed by atoms with Gasteiger partial charge in [0, 0.05) is 35.1 Å². The highest BCUT2D eigenvalue weighted by Crippen LogP contribution is 2.26. The number of halogens is 1. The maximum atomic E-state index is 6.06. The summed E-state index contributed by atoms with van der Waals surface area (Å²) in [6, 6.07) is 11.3. The number of hydrogen-bond donors (Lipinski definition) is 0. The highest BCUT2D eigenvalue weighted by atomic mass is 35.5. The van der Waals surface area contributed by atoms with E-state index in [0.717, 1.165) is 27.8 Å². The molecule has 0 spiro atoms. The summed E-state index contributed by atoms with van der Waals surface area (Å²) in [6.45, 7) is 1.92. The van der Waals surface area contributed by atoms with Crippen LogP contribution < -0.4 is 0 Å². The molecule has 4 aromatic rings. The van der Waals surface area contributed by atoms with Crippen molar-refractivity contribution in [2.75, 3.05) is 0 Å². The van der Waals surface area contributed by atoms with Crippen LogP contribution in [0, 0.1) is 6.92 Å². The average Bonchev–Trinajstić information content (AvgIpc) is 3.27. The molecule has 9 heteroatoms. The number of nitrogens with zero attached hydrogens (tertiary/aromatic N) is 6. The molecule has 0 saturated heterocycles. The van der Waals surface area contributed by atoms with E-state index in [4.69, 9.17) is 16.1 Å². The molecule has 4 rings (SSSR count). The predicted molar refractivity (Wildman–Crippen MR) is 103 cm³/mol. The van der Waals surface area contributed by atoms with E-state index < -0.39 is 0 Å². The lowest BCUT2D eigenvalue weighted by molar-refractivity contribution is 0.425. The zero-order valence-corrected chi connectivity index (χ0v) is 16.2. The summed E-state index contributed by atoms with van der Waals surface area (Å²) in [7, 11) is 1.92. The van der Waals surface area contributed by atoms with Gasteiger partial charge in [0.1, 0.15) is 0 Å². The molecule has 136 valence electrons. The molecular weight excluding hydrogens is 384 g/mol. The zero-order valence-electron chi connectivity index (χ0n) is 14.6. The lowest BCUT2D eigenvalue weighted by Gasteiger charge is -2.03. The Kier molecular flexibility index (Phi) is 4.91. The molecule has 0 bridgehead atoms. The quantitative estimate of drug-likeness (QED) is 0.466. The van der Waals surface area contributed by atoms with E-state index >= 15 is 0 Å². The van der Waals surface area contributed by atoms with Crippen molar-refractivity contribution in [1.82, 2.24) is 29.9 Å². The van der Waals surface area contributed by atoms with Gasteiger partial charge in [-0.25, -0.2) is 0 Å². The fraction of sp³-hybridized carbons (Fsp3) is 0.167. The first-order valence-electron chi connectivity index (χ1n) is 8.14. The Morgan fingerprint density at radius 1 is 1.15 bits per heavy atom. The molecule has 0 amide bonds. The minimum Gasteiger partial charge on any atom is -0.334 e. The maximum absolute atomic E-state index is 6.06. The van der Waals surface area contributed by atoms with Crippen LogP contribution in [0.4, 0.5) is 0 Å². The molecule has 3 heterocycles. The van der Waals surface area contributed by atoms with Gasteiger partial charge >= 0.3 is 0 Å². The predicted octanol–water partition coefficient (Wildman–Crippen LogP) is 4.18. The third kappa shape index (κ3) is 3.86. The summed E-state index contributed by atoms with van der Waals surface area (Å²) in [5, 5.41) is 14.0. The molecule has 0 fully saturated rings. The summed E-state index contributed by atoms with van der Waals surface area (Å²) in [5.74, 6) is 2.35. The first-order chi connectivity index (χ1) is 13.1. The molecule has 0 aliphatic heterocycles. The van der Waals surface area contributed by atoms with Gasteiger partial charge in [0.05, 0.1) is 5.75 Å². The molecule has 3 aromatic heterocycles. The summed E-state index contributed by atoms with van der Waals surface area (Å²) in [5.41, 5.74) is 2.67. The monoisotopic (exact) mass is 398 g/mol. The van der Waals surface area contributed by atoms with Gasteiger partial charge in [0.25, 0.3) is 5.89 Å². The highest BCUT2D eigenvalue weighted by Gasteiger charge is 2.14. The number of thioether (sulfide) groups is 1. The number of benzene rings is 1. The number of rotatable bonds is 5. The third-order valence-electron chi connectivity index (χ3n) is 3.86. The van der Waals surface area contributed by atoms with Crippen molar-refractivity contribution in [1.29, 1.82) is 0 Å². The van der Waals surface area contributed by atoms with Gasteiger partial charge in [-0.3, -0.25) is 4.98 Å². The Morgan fingerprint density at radius 2 is 2.04 bits per heavy atom. The minimum atomic E-state index is 0.480. The van der Waals surface area contributed by atoms with Crippen molar-refractivity contribution in [3.8, 4) is 22.8 Å². The molecule has 0 saturated carbocycles. The molecular formula is C18H15ClN6OS. The van der Waals surface area contributed by atoms with Crippen molar-refractivity contribution in [2.24, 2.45) is 7.05 Å². The van der Waals surface area contributed by atoms with Crippen LogP contribution in [0.25, 0.3) is 22.8 Å². The Bertz CT molecular complexity index is 1090. The summed E-state index contributed by atoms with van der Waals surface area (Å²) in [6.07, 6.45) is 1.72. The van der Waals surface area contributed by atoms with Gasteiger partial charge in [-0.1, -0.05) is 40.7 Å². The van der Waals surface area contributed by atoms with Crippen LogP contribution in [0.15, 0.2) is 52.3 Å². The normalized spacial score (nSPS) is 11.1. The Balaban J connectivity index is 1.48. The van der Waals surface area contributed by atoms with Crippen molar-refractivity contribution in [3.63, 3.8) is 0 Å². The van der Waals surface area contributed by atoms with E-state index in [1.54, 1.807) is 6.20 Å². The second-order valence-corrected chi connectivity index (χ2v) is 7.24. The summed E-state index contributed by atoms with van der Waals surface area (Å²) < 4.78 is 7.27. The first kappa shape index (κ1) is 17.7. The fourth-order valence-corrected chi connectivity index (χ4v) is 3.50. The second kappa shape index (κ2) is 7.50. The van der Waals surface area contributed by atoms with E-state index in [2.05, 4.69) is 25.3 Å². The molecule has 7 nitrogen and oxygen atoms in total. The smallest absolute Gasteiger partial charge is 0.258 e. The van der Waals surface area contributed by atoms with Crippen LogP contribution in [0.2, 0.25) is 5.02 Å². The van der Waals surface area contributed by atoms with Crippen molar-refractivity contribution >= 4 is 23.4 Å². The van der Waals surface area contributed by atoms with E-state index in [9.17, 15) is 0 Å². The van der Waals surface area contributed by atoms with Crippen LogP contribution in [0.3, 0.4) is 0 Å². The Morgan fingerprint density at radius 3 is 2.85 bits per heavy atom. The SMILES string of the molecule is Cc1cc(-c2nc(CSc3nnc(-c4cccc(Cl)c4)n3C)no2)ccn1. The number of pyridine rings is 1. The van der Waals surface area contributed by atoms with E-state index in [1.165, 1.54) is 11.8 Å². The van der Waals surface area contributed by atoms with Crippen LogP contribution in [-0.4, -0.2) is 29.9 Å². The Labute approximate surface area is 164 Å². The standard InChI is InChI=1S/C18H15ClN6OS/c1-11-8-13(6-7-20-11)17-21-15(24-26-17)10-27-18-23-22-16(25(18)2)12-4-3-5-14(19)9-12/h3-9H,10H2,1-2H3. The molecule has 0 unspecified atom stereocenters. The summed E-state index contributed by atoms with van der Waals surface area (Å²) >= 11 is 7.55. The van der Waals surface area contributed by atoms with Gasteiger partial charge < -0.3 is 9.09 Å². The largest absolute Gasteiger partial charge is 0.334 e. The second-order valence-electron chi connectivity index (χ2n) is 5.87. The summed E-state index contributed by atoms with van der Waals surface area (Å²) in [4.78, 5) is 8.61. The van der Waals surface area contributed by atoms with Crippen molar-refractivity contribution < 1.29 is 4.52 Å². The molecule has 0 atom stereocenters. The third-order valence-corrected chi connectivity index (χ3v) is 5.11. The lowest BCUT2D eigenvalue weighted by Crippen LogP contribution is -1.95. The zero-order chi connectivity index (χ0) is 18.8. The minimum absolute atomic E-state index is 0.480. The number of hydrogen-bond acceptors (Lipinski definition) is 7. The van der Waals surface area contributed by atoms with Crippen LogP contribution in [0.5, 0.6) is 0 Å². The average molecular weight is 399 g/mol. The van der Waals surface area contributed by atoms with Crippen molar-refractivity contribution in [3.05, 3.63) is 59.1 Å². The van der Waals surface area contributed by atoms with Gasteiger partial charge in [-0.05, 0) is 31.2 Å². The van der Waals surface area contributed by atoms with E-state index in [1.807, 2.05) is 54.9 Å². The molecule has 0 radical (unpaired) electrons. The molecule has 0 N–H and O–H groups in total. The van der Waals surface area contributed by atoms with Gasteiger partial charge in [0.2, 0.25) is 0 Å². The maximum Gasteiger partial charge on any atom is 0.258 e. The van der Waals surface area contributed by atoms with Crippen LogP contribution in [0.1, 0.15) is 11.5 Å². The van der Waals surface area contributed by atoms with Crippen molar-refractivity contribution in [2.45, 2.75) is 17.8 Å². The van der Waals surface area contributed by atoms with Crippen LogP contribution in [-0.2, 0) is 12.8 Å². The fourth-order valence-electron chi connectivity index (χ4n) is 2.56. The topological polar surface area (TPSA) is 82.5 Å². The Hall–Kier alpha value is -2.71. The highest BCUT2D eigenvalue weighted by molar-refractivity contribution is 7.98. The number of aryl methyl sites for hydroxylation is 1. The van der Waals surface area contributed by atoms with Gasteiger partial charge in [-0.2, -0.15) is 4.98 Å². The first-order valence-corrected chi connectivity index (χ1v) is 9.50. The van der Waals surface area contributed by atoms with E-state index in [-0.39, 0.29) is 0 Å². The number of aromatic nitrogens is 6. The van der Waals surface area contributed by atoms with E-state index in [0.29, 0.717) is 22.5 Å². The lowest BCUT2D eigenvalue weighted by atomic mass is 10.2. The van der Waals surface area contributed by atoms with Gasteiger partial charge in [-0.15, -0.1) is 10.2 Å². The molecule has 0 aliphatic rings. The molecule has 27 heavy (non-hydrogen) atoms. The van der Waals surface area contributed by atoms with Crippen LogP contribution >= 0.6 is 23.4 Å². The van der Waals surface area contributed by atoms with Gasteiger partial charge in [0.15, 0.2) is 16.8 Å². The molecule has 0 aliphatic carbocycles. The molecule has 1 aromatic carbocycles.